The molecule has 0 fully saturated rings. The molecule has 1 atom stereocenters. The first-order valence-electron chi connectivity index (χ1n) is 5.41. The van der Waals surface area contributed by atoms with Gasteiger partial charge in [0.1, 0.15) is 6.20 Å². The summed E-state index contributed by atoms with van der Waals surface area (Å²) in [7, 11) is 0. The molecule has 0 amide bonds. The van der Waals surface area contributed by atoms with Crippen molar-refractivity contribution in [3.05, 3.63) is 16.3 Å². The third-order valence-electron chi connectivity index (χ3n) is 2.36. The molecule has 0 aliphatic rings. The minimum Gasteiger partial charge on any atom is -0.368 e. The quantitative estimate of drug-likeness (QED) is 0.609. The lowest BCUT2D eigenvalue weighted by molar-refractivity contribution is -0.384. The van der Waals surface area contributed by atoms with E-state index in [0.29, 0.717) is 13.1 Å². The molecule has 0 aromatic carbocycles. The van der Waals surface area contributed by atoms with Gasteiger partial charge in [0.05, 0.1) is 16.9 Å². The maximum Gasteiger partial charge on any atom is 0.329 e. The van der Waals surface area contributed by atoms with Gasteiger partial charge in [0.15, 0.2) is 0 Å². The van der Waals surface area contributed by atoms with Gasteiger partial charge in [-0.15, -0.1) is 0 Å². The van der Waals surface area contributed by atoms with Crippen LogP contribution in [0.25, 0.3) is 0 Å². The third-order valence-corrected chi connectivity index (χ3v) is 2.36. The molecule has 1 aromatic heterocycles. The Morgan fingerprint density at radius 3 is 2.89 bits per heavy atom. The van der Waals surface area contributed by atoms with Gasteiger partial charge in [0.2, 0.25) is 11.8 Å². The highest BCUT2D eigenvalue weighted by molar-refractivity contribution is 5.58. The normalized spacial score (nSPS) is 11.6. The fourth-order valence-electron chi connectivity index (χ4n) is 1.48. The van der Waals surface area contributed by atoms with E-state index in [1.165, 1.54) is 0 Å². The van der Waals surface area contributed by atoms with E-state index in [9.17, 15) is 10.1 Å². The van der Waals surface area contributed by atoms with E-state index in [1.807, 2.05) is 6.92 Å². The van der Waals surface area contributed by atoms with Crippen LogP contribution in [-0.2, 0) is 0 Å². The average Bonchev–Trinajstić information content (AvgIpc) is 2.35. The summed E-state index contributed by atoms with van der Waals surface area (Å²) in [4.78, 5) is 19.5. The topological polar surface area (TPSA) is 122 Å². The van der Waals surface area contributed by atoms with Crippen LogP contribution in [0, 0.1) is 27.4 Å². The van der Waals surface area contributed by atoms with Gasteiger partial charge in [0.25, 0.3) is 0 Å². The van der Waals surface area contributed by atoms with E-state index in [2.05, 4.69) is 16.0 Å². The molecule has 1 heterocycles. The lowest BCUT2D eigenvalue weighted by Crippen LogP contribution is -2.29. The van der Waals surface area contributed by atoms with Gasteiger partial charge in [-0.2, -0.15) is 10.2 Å². The first kappa shape index (κ1) is 13.6. The van der Waals surface area contributed by atoms with Crippen molar-refractivity contribution in [1.29, 1.82) is 5.26 Å². The predicted molar refractivity (Wildman–Crippen MR) is 65.8 cm³/mol. The Morgan fingerprint density at radius 1 is 1.72 bits per heavy atom. The number of nitro groups is 1. The Bertz CT molecular complexity index is 484. The Kier molecular flexibility index (Phi) is 4.37. The number of hydrogen-bond acceptors (Lipinski definition) is 7. The van der Waals surface area contributed by atoms with Crippen LogP contribution >= 0.6 is 0 Å². The van der Waals surface area contributed by atoms with Crippen LogP contribution < -0.4 is 10.6 Å². The van der Waals surface area contributed by atoms with E-state index in [1.54, 1.807) is 11.8 Å². The van der Waals surface area contributed by atoms with Crippen molar-refractivity contribution < 1.29 is 4.92 Å². The van der Waals surface area contributed by atoms with Gasteiger partial charge in [-0.1, -0.05) is 0 Å². The summed E-state index contributed by atoms with van der Waals surface area (Å²) in [5.74, 6) is -0.142. The fourth-order valence-corrected chi connectivity index (χ4v) is 1.48. The monoisotopic (exact) mass is 250 g/mol. The number of aromatic nitrogens is 2. The molecule has 0 saturated heterocycles. The molecule has 0 bridgehead atoms. The summed E-state index contributed by atoms with van der Waals surface area (Å²) in [5.41, 5.74) is 5.24. The van der Waals surface area contributed by atoms with Crippen molar-refractivity contribution in [1.82, 2.24) is 9.97 Å². The molecule has 1 rings (SSSR count). The molecule has 0 aliphatic heterocycles. The van der Waals surface area contributed by atoms with Crippen LogP contribution in [0.2, 0.25) is 0 Å². The SMILES string of the molecule is CCN(CC(C)C#N)c1nc(N)ncc1[N+](=O)[O-]. The van der Waals surface area contributed by atoms with Crippen molar-refractivity contribution in [3.63, 3.8) is 0 Å². The minimum absolute atomic E-state index is 0.0290. The average molecular weight is 250 g/mol. The Morgan fingerprint density at radius 2 is 2.39 bits per heavy atom. The molecule has 0 spiro atoms. The van der Waals surface area contributed by atoms with E-state index >= 15 is 0 Å². The van der Waals surface area contributed by atoms with Gasteiger partial charge in [-0.05, 0) is 13.8 Å². The maximum atomic E-state index is 10.9. The van der Waals surface area contributed by atoms with Crippen molar-refractivity contribution in [2.45, 2.75) is 13.8 Å². The summed E-state index contributed by atoms with van der Waals surface area (Å²) < 4.78 is 0. The summed E-state index contributed by atoms with van der Waals surface area (Å²) in [5, 5.41) is 19.7. The first-order valence-corrected chi connectivity index (χ1v) is 5.41. The van der Waals surface area contributed by atoms with Crippen LogP contribution in [0.3, 0.4) is 0 Å². The predicted octanol–water partition coefficient (Wildman–Crippen LogP) is 0.953. The second-order valence-electron chi connectivity index (χ2n) is 3.76. The number of nitrogens with two attached hydrogens (primary N) is 1. The summed E-state index contributed by atoms with van der Waals surface area (Å²) >= 11 is 0. The molecule has 8 nitrogen and oxygen atoms in total. The molecular formula is C10H14N6O2. The Labute approximate surface area is 104 Å². The van der Waals surface area contributed by atoms with Gasteiger partial charge in [0, 0.05) is 13.1 Å². The van der Waals surface area contributed by atoms with E-state index in [-0.39, 0.29) is 23.4 Å². The minimum atomic E-state index is -0.561. The van der Waals surface area contributed by atoms with Crippen molar-refractivity contribution in [3.8, 4) is 6.07 Å². The molecule has 96 valence electrons. The molecule has 0 radical (unpaired) electrons. The van der Waals surface area contributed by atoms with E-state index < -0.39 is 4.92 Å². The van der Waals surface area contributed by atoms with Gasteiger partial charge in [-0.3, -0.25) is 10.1 Å². The third kappa shape index (κ3) is 3.04. The van der Waals surface area contributed by atoms with Crippen molar-refractivity contribution in [2.24, 2.45) is 5.92 Å². The van der Waals surface area contributed by atoms with Crippen LogP contribution in [0.15, 0.2) is 6.20 Å². The molecular weight excluding hydrogens is 236 g/mol. The van der Waals surface area contributed by atoms with Crippen molar-refractivity contribution >= 4 is 17.5 Å². The molecule has 2 N–H and O–H groups in total. The maximum absolute atomic E-state index is 10.9. The number of nitrogen functional groups attached to an aromatic ring is 1. The standard InChI is InChI=1S/C10H14N6O2/c1-3-15(6-7(2)4-11)9-8(16(17)18)5-13-10(12)14-9/h5,7H,3,6H2,1-2H3,(H2,12,13,14). The summed E-state index contributed by atoms with van der Waals surface area (Å²) in [6.45, 7) is 4.40. The number of nitriles is 1. The molecule has 18 heavy (non-hydrogen) atoms. The molecule has 0 aliphatic carbocycles. The van der Waals surface area contributed by atoms with E-state index in [0.717, 1.165) is 6.20 Å². The van der Waals surface area contributed by atoms with Crippen LogP contribution in [0.4, 0.5) is 17.5 Å². The zero-order chi connectivity index (χ0) is 13.7. The van der Waals surface area contributed by atoms with Crippen LogP contribution in [-0.4, -0.2) is 28.0 Å². The highest BCUT2D eigenvalue weighted by Crippen LogP contribution is 2.25. The second-order valence-corrected chi connectivity index (χ2v) is 3.76. The molecule has 0 saturated carbocycles. The highest BCUT2D eigenvalue weighted by atomic mass is 16.6. The largest absolute Gasteiger partial charge is 0.368 e. The number of anilines is 2. The number of hydrogen-bond donors (Lipinski definition) is 1. The van der Waals surface area contributed by atoms with Crippen LogP contribution in [0.5, 0.6) is 0 Å². The van der Waals surface area contributed by atoms with Gasteiger partial charge in [-0.25, -0.2) is 4.98 Å². The molecule has 1 unspecified atom stereocenters. The smallest absolute Gasteiger partial charge is 0.329 e. The van der Waals surface area contributed by atoms with Crippen molar-refractivity contribution in [2.75, 3.05) is 23.7 Å². The number of rotatable bonds is 5. The lowest BCUT2D eigenvalue weighted by atomic mass is 10.2. The summed E-state index contributed by atoms with van der Waals surface area (Å²) in [6, 6.07) is 2.08. The fraction of sp³-hybridized carbons (Fsp3) is 0.500. The lowest BCUT2D eigenvalue weighted by Gasteiger charge is -2.22. The zero-order valence-corrected chi connectivity index (χ0v) is 10.2. The second kappa shape index (κ2) is 5.77. The van der Waals surface area contributed by atoms with Gasteiger partial charge >= 0.3 is 5.69 Å². The van der Waals surface area contributed by atoms with Crippen LogP contribution in [0.1, 0.15) is 13.8 Å². The Hall–Kier alpha value is -2.43. The van der Waals surface area contributed by atoms with E-state index in [4.69, 9.17) is 11.0 Å². The first-order chi connectivity index (χ1) is 8.49. The highest BCUT2D eigenvalue weighted by Gasteiger charge is 2.22. The number of nitrogens with zero attached hydrogens (tertiary/aromatic N) is 5. The molecule has 1 aromatic rings. The van der Waals surface area contributed by atoms with Gasteiger partial charge < -0.3 is 10.6 Å². The molecule has 8 heteroatoms. The Balaban J connectivity index is 3.15. The summed E-state index contributed by atoms with van der Waals surface area (Å²) in [6.07, 6.45) is 1.08. The zero-order valence-electron chi connectivity index (χ0n) is 10.2.